The monoisotopic (exact) mass is 295 g/mol. The van der Waals surface area contributed by atoms with Crippen molar-refractivity contribution < 1.29 is 9.84 Å². The molecule has 3 rings (SSSR count). The van der Waals surface area contributed by atoms with E-state index in [9.17, 15) is 5.11 Å². The van der Waals surface area contributed by atoms with E-state index < -0.39 is 5.60 Å². The second-order valence-corrected chi connectivity index (χ2v) is 8.07. The van der Waals surface area contributed by atoms with Crippen LogP contribution in [0, 0.1) is 5.92 Å². The first-order valence-corrected chi connectivity index (χ1v) is 9.19. The Kier molecular flexibility index (Phi) is 4.92. The van der Waals surface area contributed by atoms with E-state index in [0.29, 0.717) is 6.04 Å². The highest BCUT2D eigenvalue weighted by molar-refractivity contribution is 4.94. The van der Waals surface area contributed by atoms with E-state index in [1.165, 1.54) is 44.9 Å². The quantitative estimate of drug-likeness (QED) is 0.838. The molecule has 21 heavy (non-hydrogen) atoms. The molecule has 3 heteroatoms. The minimum absolute atomic E-state index is 0.165. The first-order valence-electron chi connectivity index (χ1n) is 9.19. The van der Waals surface area contributed by atoms with E-state index in [-0.39, 0.29) is 5.60 Å². The molecular weight excluding hydrogens is 262 g/mol. The van der Waals surface area contributed by atoms with Crippen molar-refractivity contribution in [2.45, 2.75) is 94.8 Å². The van der Waals surface area contributed by atoms with Crippen molar-refractivity contribution >= 4 is 0 Å². The Bertz CT molecular complexity index is 325. The van der Waals surface area contributed by atoms with E-state index in [2.05, 4.69) is 12.2 Å². The van der Waals surface area contributed by atoms with Crippen LogP contribution in [0.3, 0.4) is 0 Å². The van der Waals surface area contributed by atoms with Gasteiger partial charge in [0, 0.05) is 19.2 Å². The molecule has 0 radical (unpaired) electrons. The minimum atomic E-state index is -0.454. The first-order chi connectivity index (χ1) is 10.1. The van der Waals surface area contributed by atoms with E-state index in [1.807, 2.05) is 0 Å². The third-order valence-electron chi connectivity index (χ3n) is 6.18. The van der Waals surface area contributed by atoms with E-state index in [1.54, 1.807) is 0 Å². The summed E-state index contributed by atoms with van der Waals surface area (Å²) in [7, 11) is 0. The molecule has 2 saturated carbocycles. The topological polar surface area (TPSA) is 41.5 Å². The van der Waals surface area contributed by atoms with Crippen LogP contribution < -0.4 is 5.32 Å². The molecule has 3 fully saturated rings. The molecule has 3 nitrogen and oxygen atoms in total. The number of hydrogen-bond donors (Lipinski definition) is 2. The summed E-state index contributed by atoms with van der Waals surface area (Å²) in [6.07, 6.45) is 13.1. The van der Waals surface area contributed by atoms with Gasteiger partial charge in [0.2, 0.25) is 0 Å². The number of rotatable bonds is 3. The van der Waals surface area contributed by atoms with Crippen LogP contribution in [0.1, 0.15) is 77.6 Å². The summed E-state index contributed by atoms with van der Waals surface area (Å²) in [6.45, 7) is 3.98. The van der Waals surface area contributed by atoms with Gasteiger partial charge in [-0.3, -0.25) is 0 Å². The van der Waals surface area contributed by atoms with Gasteiger partial charge in [-0.25, -0.2) is 0 Å². The molecule has 0 aromatic rings. The van der Waals surface area contributed by atoms with Crippen molar-refractivity contribution in [2.24, 2.45) is 5.92 Å². The molecule has 1 heterocycles. The van der Waals surface area contributed by atoms with Crippen LogP contribution in [-0.2, 0) is 4.74 Å². The van der Waals surface area contributed by atoms with Gasteiger partial charge in [0.1, 0.15) is 0 Å². The minimum Gasteiger partial charge on any atom is -0.389 e. The zero-order valence-electron chi connectivity index (χ0n) is 13.7. The van der Waals surface area contributed by atoms with Crippen LogP contribution >= 0.6 is 0 Å². The Labute approximate surface area is 129 Å². The molecule has 0 aromatic carbocycles. The van der Waals surface area contributed by atoms with Crippen LogP contribution in [0.25, 0.3) is 0 Å². The van der Waals surface area contributed by atoms with E-state index in [0.717, 1.165) is 44.8 Å². The fourth-order valence-corrected chi connectivity index (χ4v) is 4.56. The molecular formula is C18H33NO2. The highest BCUT2D eigenvalue weighted by Crippen LogP contribution is 2.39. The van der Waals surface area contributed by atoms with Gasteiger partial charge in [-0.1, -0.05) is 26.2 Å². The normalized spacial score (nSPS) is 40.3. The maximum absolute atomic E-state index is 10.7. The fourth-order valence-electron chi connectivity index (χ4n) is 4.56. The van der Waals surface area contributed by atoms with Gasteiger partial charge in [-0.2, -0.15) is 0 Å². The summed E-state index contributed by atoms with van der Waals surface area (Å²) in [6, 6.07) is 0.542. The molecule has 1 aliphatic heterocycles. The van der Waals surface area contributed by atoms with Crippen molar-refractivity contribution in [2.75, 3.05) is 13.2 Å². The van der Waals surface area contributed by atoms with Gasteiger partial charge >= 0.3 is 0 Å². The number of hydrogen-bond acceptors (Lipinski definition) is 3. The molecule has 1 spiro atoms. The highest BCUT2D eigenvalue weighted by atomic mass is 16.5. The van der Waals surface area contributed by atoms with Gasteiger partial charge in [-0.05, 0) is 57.3 Å². The number of nitrogens with one attached hydrogen (secondary N) is 1. The average molecular weight is 295 g/mol. The lowest BCUT2D eigenvalue weighted by Crippen LogP contribution is -2.52. The summed E-state index contributed by atoms with van der Waals surface area (Å²) in [5.41, 5.74) is -0.289. The summed E-state index contributed by atoms with van der Waals surface area (Å²) in [5.74, 6) is 0.791. The first kappa shape index (κ1) is 15.8. The van der Waals surface area contributed by atoms with Crippen LogP contribution in [0.2, 0.25) is 0 Å². The van der Waals surface area contributed by atoms with E-state index >= 15 is 0 Å². The predicted molar refractivity (Wildman–Crippen MR) is 85.4 cm³/mol. The van der Waals surface area contributed by atoms with Gasteiger partial charge in [-0.15, -0.1) is 0 Å². The molecule has 1 saturated heterocycles. The van der Waals surface area contributed by atoms with Gasteiger partial charge in [0.15, 0.2) is 0 Å². The molecule has 0 bridgehead atoms. The maximum Gasteiger partial charge on any atom is 0.0771 e. The molecule has 3 aliphatic rings. The van der Waals surface area contributed by atoms with Crippen LogP contribution in [0.15, 0.2) is 0 Å². The summed E-state index contributed by atoms with van der Waals surface area (Å²) in [5, 5.41) is 14.4. The second-order valence-electron chi connectivity index (χ2n) is 8.07. The SMILES string of the molecule is CC1CCC(O)(CNC2CCOC3(CCCCC3)C2)CC1. The lowest BCUT2D eigenvalue weighted by Gasteiger charge is -2.44. The molecule has 2 N–H and O–H groups in total. The van der Waals surface area contributed by atoms with Gasteiger partial charge < -0.3 is 15.2 Å². The second kappa shape index (κ2) is 6.55. The van der Waals surface area contributed by atoms with Crippen molar-refractivity contribution in [3.8, 4) is 0 Å². The van der Waals surface area contributed by atoms with E-state index in [4.69, 9.17) is 4.74 Å². The van der Waals surface area contributed by atoms with Crippen LogP contribution in [0.5, 0.6) is 0 Å². The lowest BCUT2D eigenvalue weighted by molar-refractivity contribution is -0.111. The third kappa shape index (κ3) is 4.00. The Morgan fingerprint density at radius 2 is 1.76 bits per heavy atom. The highest BCUT2D eigenvalue weighted by Gasteiger charge is 2.39. The third-order valence-corrected chi connectivity index (χ3v) is 6.18. The Morgan fingerprint density at radius 3 is 2.48 bits per heavy atom. The van der Waals surface area contributed by atoms with Crippen molar-refractivity contribution in [1.82, 2.24) is 5.32 Å². The fraction of sp³-hybridized carbons (Fsp3) is 1.00. The molecule has 1 unspecified atom stereocenters. The van der Waals surface area contributed by atoms with Gasteiger partial charge in [0.25, 0.3) is 0 Å². The average Bonchev–Trinajstić information content (AvgIpc) is 2.50. The standard InChI is InChI=1S/C18H33NO2/c1-15-5-10-17(20,11-6-15)14-19-16-7-12-21-18(13-16)8-3-2-4-9-18/h15-16,19-20H,2-14H2,1H3. The maximum atomic E-state index is 10.7. The molecule has 0 aromatic heterocycles. The zero-order chi connectivity index (χ0) is 14.8. The molecule has 0 amide bonds. The Hall–Kier alpha value is -0.120. The molecule has 122 valence electrons. The number of ether oxygens (including phenoxy) is 1. The largest absolute Gasteiger partial charge is 0.389 e. The smallest absolute Gasteiger partial charge is 0.0771 e. The molecule has 1 atom stereocenters. The van der Waals surface area contributed by atoms with Crippen LogP contribution in [-0.4, -0.2) is 35.5 Å². The van der Waals surface area contributed by atoms with Crippen molar-refractivity contribution in [3.63, 3.8) is 0 Å². The summed E-state index contributed by atoms with van der Waals surface area (Å²) >= 11 is 0. The molecule has 2 aliphatic carbocycles. The summed E-state index contributed by atoms with van der Waals surface area (Å²) in [4.78, 5) is 0. The summed E-state index contributed by atoms with van der Waals surface area (Å²) < 4.78 is 6.17. The zero-order valence-corrected chi connectivity index (χ0v) is 13.7. The van der Waals surface area contributed by atoms with Gasteiger partial charge in [0.05, 0.1) is 11.2 Å². The number of aliphatic hydroxyl groups is 1. The predicted octanol–water partition coefficient (Wildman–Crippen LogP) is 3.40. The van der Waals surface area contributed by atoms with Crippen molar-refractivity contribution in [3.05, 3.63) is 0 Å². The van der Waals surface area contributed by atoms with Crippen molar-refractivity contribution in [1.29, 1.82) is 0 Å². The van der Waals surface area contributed by atoms with Crippen LogP contribution in [0.4, 0.5) is 0 Å². The Balaban J connectivity index is 1.48. The lowest BCUT2D eigenvalue weighted by atomic mass is 9.77. The Morgan fingerprint density at radius 1 is 1.05 bits per heavy atom.